The van der Waals surface area contributed by atoms with E-state index in [0.717, 1.165) is 11.5 Å². The predicted molar refractivity (Wildman–Crippen MR) is 144 cm³/mol. The molecule has 15 heteroatoms. The Bertz CT molecular complexity index is 1370. The van der Waals surface area contributed by atoms with Crippen molar-refractivity contribution in [1.82, 2.24) is 14.6 Å². The summed E-state index contributed by atoms with van der Waals surface area (Å²) < 4.78 is 52.3. The Labute approximate surface area is 235 Å². The minimum atomic E-state index is -4.33. The number of ether oxygens (including phenoxy) is 2. The van der Waals surface area contributed by atoms with Crippen molar-refractivity contribution >= 4 is 25.4 Å². The van der Waals surface area contributed by atoms with E-state index in [2.05, 4.69) is 15.4 Å². The fourth-order valence-electron chi connectivity index (χ4n) is 4.19. The summed E-state index contributed by atoms with van der Waals surface area (Å²) in [6, 6.07) is 8.17. The van der Waals surface area contributed by atoms with Gasteiger partial charge >= 0.3 is 19.4 Å². The number of rotatable bonds is 2. The molecule has 3 aliphatic heterocycles. The van der Waals surface area contributed by atoms with E-state index in [-0.39, 0.29) is 24.6 Å². The van der Waals surface area contributed by atoms with Gasteiger partial charge in [-0.1, -0.05) is 30.4 Å². The Balaban J connectivity index is 1.61. The summed E-state index contributed by atoms with van der Waals surface area (Å²) in [6.07, 6.45) is 0.665. The van der Waals surface area contributed by atoms with Gasteiger partial charge in [-0.15, -0.1) is 0 Å². The van der Waals surface area contributed by atoms with Crippen molar-refractivity contribution in [2.24, 2.45) is 0 Å². The van der Waals surface area contributed by atoms with Crippen LogP contribution < -0.4 is 20.6 Å². The Morgan fingerprint density at radius 3 is 2.63 bits per heavy atom. The SMILES string of the molecule is C[C@@H]1NP(=O)(Oc2ccccc2)OCC2OC(n3ccc(nc3=O)NC(=O)CC/C=C/CCOC1=O)[C@](C)(F)[C@@H]2O. The molecule has 1 aromatic heterocycles. The van der Waals surface area contributed by atoms with Crippen LogP contribution in [0.5, 0.6) is 5.75 Å². The van der Waals surface area contributed by atoms with Gasteiger partial charge in [0, 0.05) is 12.6 Å². The van der Waals surface area contributed by atoms with Crippen molar-refractivity contribution in [3.8, 4) is 5.75 Å². The van der Waals surface area contributed by atoms with Gasteiger partial charge in [-0.25, -0.2) is 13.8 Å². The summed E-state index contributed by atoms with van der Waals surface area (Å²) in [5.74, 6) is -1.01. The van der Waals surface area contributed by atoms with E-state index in [1.165, 1.54) is 31.3 Å². The second-order valence-corrected chi connectivity index (χ2v) is 11.4. The van der Waals surface area contributed by atoms with Crippen molar-refractivity contribution in [3.63, 3.8) is 0 Å². The Morgan fingerprint density at radius 1 is 1.17 bits per heavy atom. The molecule has 1 saturated heterocycles. The maximum Gasteiger partial charge on any atom is 0.459 e. The summed E-state index contributed by atoms with van der Waals surface area (Å²) >= 11 is 0. The summed E-state index contributed by atoms with van der Waals surface area (Å²) in [4.78, 5) is 41.3. The quantitative estimate of drug-likeness (QED) is 0.266. The van der Waals surface area contributed by atoms with Gasteiger partial charge in [0.1, 0.15) is 29.8 Å². The molecule has 6 atom stereocenters. The normalized spacial score (nSPS) is 32.7. The van der Waals surface area contributed by atoms with E-state index in [9.17, 15) is 24.1 Å². The zero-order valence-corrected chi connectivity index (χ0v) is 23.4. The molecule has 0 radical (unpaired) electrons. The highest BCUT2D eigenvalue weighted by atomic mass is 31.2. The number of nitrogens with one attached hydrogen (secondary N) is 2. The van der Waals surface area contributed by atoms with Crippen LogP contribution in [0.4, 0.5) is 10.2 Å². The highest BCUT2D eigenvalue weighted by Gasteiger charge is 2.56. The first-order valence-electron chi connectivity index (χ1n) is 13.0. The number of carbonyl (C=O) groups is 2. The van der Waals surface area contributed by atoms with Gasteiger partial charge in [-0.3, -0.25) is 18.7 Å². The van der Waals surface area contributed by atoms with Crippen LogP contribution in [0.15, 0.2) is 59.5 Å². The van der Waals surface area contributed by atoms with Crippen LogP contribution in [-0.2, 0) is 28.2 Å². The number of esters is 1. The number of hydrogen-bond acceptors (Lipinski definition) is 10. The molecular formula is C26H32FN4O9P. The number of allylic oxidation sites excluding steroid dienone is 1. The number of nitrogens with zero attached hydrogens (tertiary/aromatic N) is 2. The molecule has 3 N–H and O–H groups in total. The molecule has 41 heavy (non-hydrogen) atoms. The molecule has 4 bridgehead atoms. The highest BCUT2D eigenvalue weighted by Crippen LogP contribution is 2.47. The monoisotopic (exact) mass is 594 g/mol. The van der Waals surface area contributed by atoms with Gasteiger partial charge in [0.15, 0.2) is 11.9 Å². The largest absolute Gasteiger partial charge is 0.464 e. The molecule has 222 valence electrons. The summed E-state index contributed by atoms with van der Waals surface area (Å²) in [5.41, 5.74) is -3.43. The van der Waals surface area contributed by atoms with Crippen LogP contribution in [0.25, 0.3) is 0 Å². The van der Waals surface area contributed by atoms with Crippen molar-refractivity contribution in [3.05, 3.63) is 65.2 Å². The number of para-hydroxylation sites is 1. The number of hydrogen-bond donors (Lipinski definition) is 3. The Morgan fingerprint density at radius 2 is 1.90 bits per heavy atom. The van der Waals surface area contributed by atoms with E-state index < -0.39 is 62.1 Å². The maximum absolute atomic E-state index is 15.7. The highest BCUT2D eigenvalue weighted by molar-refractivity contribution is 7.52. The molecule has 2 aromatic rings. The van der Waals surface area contributed by atoms with Crippen LogP contribution in [0, 0.1) is 0 Å². The molecule has 0 saturated carbocycles. The fraction of sp³-hybridized carbons (Fsp3) is 0.462. The van der Waals surface area contributed by atoms with Crippen molar-refractivity contribution in [1.29, 1.82) is 0 Å². The van der Waals surface area contributed by atoms with Gasteiger partial charge in [0.05, 0.1) is 13.2 Å². The van der Waals surface area contributed by atoms with Gasteiger partial charge < -0.3 is 24.4 Å². The van der Waals surface area contributed by atoms with Gasteiger partial charge in [-0.05, 0) is 44.9 Å². The molecule has 0 spiro atoms. The zero-order chi connectivity index (χ0) is 29.6. The third-order valence-electron chi connectivity index (χ3n) is 6.38. The molecule has 5 rings (SSSR count). The van der Waals surface area contributed by atoms with Gasteiger partial charge in [0.25, 0.3) is 0 Å². The Hall–Kier alpha value is -3.42. The van der Waals surface area contributed by atoms with Crippen molar-refractivity contribution in [2.75, 3.05) is 18.5 Å². The lowest BCUT2D eigenvalue weighted by molar-refractivity contribution is -0.145. The number of carbonyl (C=O) groups excluding carboxylic acids is 2. The summed E-state index contributed by atoms with van der Waals surface area (Å²) in [7, 11) is -4.33. The fourth-order valence-corrected chi connectivity index (χ4v) is 5.69. The molecule has 4 heterocycles. The molecule has 1 fully saturated rings. The maximum atomic E-state index is 15.7. The first kappa shape index (κ1) is 30.5. The minimum absolute atomic E-state index is 0.0248. The van der Waals surface area contributed by atoms with Crippen LogP contribution in [0.3, 0.4) is 0 Å². The first-order valence-corrected chi connectivity index (χ1v) is 14.5. The van der Waals surface area contributed by atoms with Crippen molar-refractivity contribution in [2.45, 2.75) is 63.3 Å². The molecule has 1 amide bonds. The first-order chi connectivity index (χ1) is 19.5. The number of aromatic nitrogens is 2. The topological polar surface area (TPSA) is 167 Å². The smallest absolute Gasteiger partial charge is 0.459 e. The van der Waals surface area contributed by atoms with Crippen LogP contribution in [0.1, 0.15) is 39.3 Å². The third-order valence-corrected chi connectivity index (χ3v) is 8.03. The molecule has 13 nitrogen and oxygen atoms in total. The molecular weight excluding hydrogens is 562 g/mol. The van der Waals surface area contributed by atoms with E-state index in [1.54, 1.807) is 30.4 Å². The van der Waals surface area contributed by atoms with Crippen LogP contribution in [0.2, 0.25) is 0 Å². The average Bonchev–Trinajstić information content (AvgIpc) is 3.14. The average molecular weight is 595 g/mol. The van der Waals surface area contributed by atoms with E-state index in [0.29, 0.717) is 12.8 Å². The molecule has 0 aliphatic carbocycles. The number of amides is 1. The van der Waals surface area contributed by atoms with Gasteiger partial charge in [0.2, 0.25) is 5.91 Å². The minimum Gasteiger partial charge on any atom is -0.464 e. The zero-order valence-electron chi connectivity index (χ0n) is 22.5. The number of anilines is 1. The standard InChI is InChI=1S/C26H32FN4O9P/c1-17-23(34)37-15-9-4-3-8-12-21(32)28-20-13-14-31(25(35)29-20)24-26(2,27)22(33)19(39-24)16-38-41(36,30-17)40-18-10-6-5-7-11-18/h3-7,10-11,13-14,17,19,22,24,33H,8-9,12,15-16H2,1-2H3,(H,30,36)(H,28,29,32,35)/b4-3+/t17-,19?,22+,24?,26+,41?/m0/s1. The Kier molecular flexibility index (Phi) is 9.72. The molecule has 1 aromatic carbocycles. The number of fused-ring (bicyclic) bond motifs is 15. The number of halogens is 1. The lowest BCUT2D eigenvalue weighted by Crippen LogP contribution is -2.43. The molecule has 3 unspecified atom stereocenters. The number of aliphatic hydroxyl groups excluding tert-OH is 1. The number of alkyl halides is 1. The third kappa shape index (κ3) is 7.66. The van der Waals surface area contributed by atoms with Crippen molar-refractivity contribution < 1.29 is 42.2 Å². The number of aliphatic hydroxyl groups is 1. The van der Waals surface area contributed by atoms with Crippen LogP contribution in [-0.4, -0.2) is 63.7 Å². The van der Waals surface area contributed by atoms with Crippen LogP contribution >= 0.6 is 7.75 Å². The lowest BCUT2D eigenvalue weighted by Gasteiger charge is -2.25. The summed E-state index contributed by atoms with van der Waals surface area (Å²) in [5, 5.41) is 15.7. The predicted octanol–water partition coefficient (Wildman–Crippen LogP) is 2.63. The van der Waals surface area contributed by atoms with E-state index >= 15 is 4.39 Å². The second-order valence-electron chi connectivity index (χ2n) is 9.69. The second kappa shape index (κ2) is 13.0. The van der Waals surface area contributed by atoms with E-state index in [1.807, 2.05) is 0 Å². The summed E-state index contributed by atoms with van der Waals surface area (Å²) in [6.45, 7) is 1.82. The van der Waals surface area contributed by atoms with E-state index in [4.69, 9.17) is 18.5 Å². The lowest BCUT2D eigenvalue weighted by atomic mass is 9.98. The molecule has 3 aliphatic rings. The number of benzene rings is 1. The van der Waals surface area contributed by atoms with Gasteiger partial charge in [-0.2, -0.15) is 10.1 Å².